The van der Waals surface area contributed by atoms with Crippen molar-refractivity contribution in [1.29, 1.82) is 0 Å². The van der Waals surface area contributed by atoms with Gasteiger partial charge in [-0.15, -0.1) is 0 Å². The van der Waals surface area contributed by atoms with E-state index in [-0.39, 0.29) is 18.4 Å². The van der Waals surface area contributed by atoms with Crippen LogP contribution in [0.15, 0.2) is 0 Å². The number of amides is 2. The van der Waals surface area contributed by atoms with Crippen molar-refractivity contribution >= 4 is 11.8 Å². The van der Waals surface area contributed by atoms with Crippen molar-refractivity contribution in [1.82, 2.24) is 14.7 Å². The van der Waals surface area contributed by atoms with Gasteiger partial charge >= 0.3 is 0 Å². The third-order valence-electron chi connectivity index (χ3n) is 4.77. The fourth-order valence-electron chi connectivity index (χ4n) is 3.41. The molecule has 6 heteroatoms. The van der Waals surface area contributed by atoms with Gasteiger partial charge < -0.3 is 14.5 Å². The van der Waals surface area contributed by atoms with Crippen LogP contribution in [0.2, 0.25) is 0 Å². The van der Waals surface area contributed by atoms with Crippen molar-refractivity contribution in [3.63, 3.8) is 0 Å². The highest BCUT2D eigenvalue weighted by Crippen LogP contribution is 2.19. The fourth-order valence-corrected chi connectivity index (χ4v) is 3.41. The summed E-state index contributed by atoms with van der Waals surface area (Å²) in [5, 5.41) is 0. The first-order valence-electron chi connectivity index (χ1n) is 8.44. The van der Waals surface area contributed by atoms with E-state index in [9.17, 15) is 9.59 Å². The maximum Gasteiger partial charge on any atom is 0.248 e. The van der Waals surface area contributed by atoms with Gasteiger partial charge in [-0.3, -0.25) is 14.5 Å². The van der Waals surface area contributed by atoms with E-state index >= 15 is 0 Å². The van der Waals surface area contributed by atoms with Gasteiger partial charge in [0, 0.05) is 45.9 Å². The van der Waals surface area contributed by atoms with Crippen molar-refractivity contribution in [2.75, 3.05) is 53.0 Å². The van der Waals surface area contributed by atoms with Crippen LogP contribution >= 0.6 is 0 Å². The average molecular weight is 311 g/mol. The van der Waals surface area contributed by atoms with Crippen LogP contribution < -0.4 is 0 Å². The summed E-state index contributed by atoms with van der Waals surface area (Å²) < 4.78 is 4.89. The van der Waals surface area contributed by atoms with E-state index in [1.807, 2.05) is 4.90 Å². The topological polar surface area (TPSA) is 53.1 Å². The van der Waals surface area contributed by atoms with Crippen LogP contribution in [0.1, 0.15) is 32.6 Å². The molecule has 2 heterocycles. The lowest BCUT2D eigenvalue weighted by molar-refractivity contribution is -0.139. The lowest BCUT2D eigenvalue weighted by Gasteiger charge is -2.38. The third kappa shape index (κ3) is 4.43. The molecule has 6 nitrogen and oxygen atoms in total. The van der Waals surface area contributed by atoms with Gasteiger partial charge in [0.1, 0.15) is 6.61 Å². The molecule has 1 atom stereocenters. The molecule has 2 rings (SSSR count). The molecule has 0 bridgehead atoms. The van der Waals surface area contributed by atoms with Crippen LogP contribution in [0.4, 0.5) is 0 Å². The molecule has 2 aliphatic rings. The number of methoxy groups -OCH3 is 1. The van der Waals surface area contributed by atoms with Crippen molar-refractivity contribution in [3.8, 4) is 0 Å². The Balaban J connectivity index is 1.77. The number of likely N-dealkylation sites (tertiary alicyclic amines) is 1. The molecule has 0 N–H and O–H groups in total. The summed E-state index contributed by atoms with van der Waals surface area (Å²) >= 11 is 0. The monoisotopic (exact) mass is 311 g/mol. The lowest BCUT2D eigenvalue weighted by atomic mass is 10.00. The molecule has 0 spiro atoms. The Morgan fingerprint density at radius 1 is 1.05 bits per heavy atom. The lowest BCUT2D eigenvalue weighted by Crippen LogP contribution is -2.53. The zero-order valence-corrected chi connectivity index (χ0v) is 13.9. The van der Waals surface area contributed by atoms with Crippen LogP contribution in [-0.4, -0.2) is 85.5 Å². The fraction of sp³-hybridized carbons (Fsp3) is 0.875. The van der Waals surface area contributed by atoms with Crippen LogP contribution in [-0.2, 0) is 14.3 Å². The summed E-state index contributed by atoms with van der Waals surface area (Å²) in [4.78, 5) is 30.4. The summed E-state index contributed by atoms with van der Waals surface area (Å²) in [6.45, 7) is 6.62. The van der Waals surface area contributed by atoms with Crippen molar-refractivity contribution in [2.24, 2.45) is 0 Å². The Morgan fingerprint density at radius 3 is 2.41 bits per heavy atom. The minimum absolute atomic E-state index is 0.0376. The molecule has 0 saturated carbocycles. The highest BCUT2D eigenvalue weighted by atomic mass is 16.5. The molecule has 126 valence electrons. The van der Waals surface area contributed by atoms with E-state index in [0.29, 0.717) is 25.7 Å². The largest absolute Gasteiger partial charge is 0.375 e. The number of hydrogen-bond donors (Lipinski definition) is 0. The zero-order chi connectivity index (χ0) is 15.9. The number of hydrogen-bond acceptors (Lipinski definition) is 4. The molecule has 1 unspecified atom stereocenters. The van der Waals surface area contributed by atoms with E-state index in [0.717, 1.165) is 38.9 Å². The zero-order valence-electron chi connectivity index (χ0n) is 13.9. The number of rotatable bonds is 5. The quantitative estimate of drug-likeness (QED) is 0.745. The summed E-state index contributed by atoms with van der Waals surface area (Å²) in [6.07, 6.45) is 4.55. The Kier molecular flexibility index (Phi) is 6.64. The molecule has 2 aliphatic heterocycles. The smallest absolute Gasteiger partial charge is 0.248 e. The second-order valence-electron chi connectivity index (χ2n) is 6.23. The van der Waals surface area contributed by atoms with Gasteiger partial charge in [-0.2, -0.15) is 0 Å². The summed E-state index contributed by atoms with van der Waals surface area (Å²) in [5.41, 5.74) is 0. The number of piperazine rings is 1. The molecule has 2 fully saturated rings. The molecule has 2 amide bonds. The molecule has 2 saturated heterocycles. The van der Waals surface area contributed by atoms with Gasteiger partial charge in [0.15, 0.2) is 0 Å². The molecule has 0 aromatic carbocycles. The normalized spacial score (nSPS) is 23.6. The van der Waals surface area contributed by atoms with E-state index in [1.54, 1.807) is 0 Å². The molecular formula is C16H29N3O3. The molecule has 0 aromatic rings. The second-order valence-corrected chi connectivity index (χ2v) is 6.23. The number of ether oxygens (including phenoxy) is 1. The number of piperidine rings is 1. The number of carbonyl (C=O) groups excluding carboxylic acids is 2. The van der Waals surface area contributed by atoms with Crippen molar-refractivity contribution < 1.29 is 14.3 Å². The number of nitrogens with zero attached hydrogens (tertiary/aromatic N) is 3. The highest BCUT2D eigenvalue weighted by molar-refractivity contribution is 5.79. The maximum atomic E-state index is 12.5. The minimum Gasteiger partial charge on any atom is -0.375 e. The van der Waals surface area contributed by atoms with Gasteiger partial charge in [0.05, 0.1) is 6.54 Å². The van der Waals surface area contributed by atoms with Crippen LogP contribution in [0.5, 0.6) is 0 Å². The molecule has 0 aromatic heterocycles. The van der Waals surface area contributed by atoms with Gasteiger partial charge in [0.25, 0.3) is 0 Å². The molecule has 22 heavy (non-hydrogen) atoms. The predicted molar refractivity (Wildman–Crippen MR) is 84.5 cm³/mol. The number of carbonyl (C=O) groups is 2. The first-order chi connectivity index (χ1) is 10.7. The minimum atomic E-state index is 0.0376. The molecule has 0 radical (unpaired) electrons. The van der Waals surface area contributed by atoms with Crippen molar-refractivity contribution in [3.05, 3.63) is 0 Å². The van der Waals surface area contributed by atoms with E-state index in [1.165, 1.54) is 13.5 Å². The Morgan fingerprint density at radius 2 is 1.77 bits per heavy atom. The van der Waals surface area contributed by atoms with Crippen LogP contribution in [0.25, 0.3) is 0 Å². The first kappa shape index (κ1) is 17.2. The van der Waals surface area contributed by atoms with Crippen LogP contribution in [0, 0.1) is 0 Å². The Hall–Kier alpha value is -1.14. The van der Waals surface area contributed by atoms with Gasteiger partial charge in [0.2, 0.25) is 11.8 Å². The summed E-state index contributed by atoms with van der Waals surface area (Å²) in [6, 6.07) is 0.422. The standard InChI is InChI=1S/C16H29N3O3/c1-3-14-6-4-5-7-19(14)15(20)12-17-8-10-18(11-9-17)16(21)13-22-2/h14H,3-13H2,1-2H3. The third-order valence-corrected chi connectivity index (χ3v) is 4.77. The first-order valence-corrected chi connectivity index (χ1v) is 8.44. The predicted octanol–water partition coefficient (Wildman–Crippen LogP) is 0.568. The molecule has 0 aliphatic carbocycles. The summed E-state index contributed by atoms with van der Waals surface area (Å²) in [5.74, 6) is 0.291. The maximum absolute atomic E-state index is 12.5. The van der Waals surface area contributed by atoms with Crippen molar-refractivity contribution in [2.45, 2.75) is 38.6 Å². The summed E-state index contributed by atoms with van der Waals surface area (Å²) in [7, 11) is 1.54. The van der Waals surface area contributed by atoms with Crippen LogP contribution in [0.3, 0.4) is 0 Å². The Bertz CT molecular complexity index is 381. The highest BCUT2D eigenvalue weighted by Gasteiger charge is 2.28. The molecular weight excluding hydrogens is 282 g/mol. The second kappa shape index (κ2) is 8.48. The van der Waals surface area contributed by atoms with E-state index < -0.39 is 0 Å². The van der Waals surface area contributed by atoms with Gasteiger partial charge in [-0.1, -0.05) is 6.92 Å². The average Bonchev–Trinajstić information content (AvgIpc) is 2.55. The van der Waals surface area contributed by atoms with E-state index in [4.69, 9.17) is 4.74 Å². The Labute approximate surface area is 133 Å². The SMILES string of the molecule is CCC1CCCCN1C(=O)CN1CCN(C(=O)COC)CC1. The van der Waals surface area contributed by atoms with Gasteiger partial charge in [-0.05, 0) is 25.7 Å². The van der Waals surface area contributed by atoms with Gasteiger partial charge in [-0.25, -0.2) is 0 Å². The van der Waals surface area contributed by atoms with E-state index in [2.05, 4.69) is 16.7 Å².